The van der Waals surface area contributed by atoms with E-state index in [1.54, 1.807) is 6.92 Å². The molecule has 0 saturated carbocycles. The number of hydrogen-bond acceptors (Lipinski definition) is 3. The molecule has 110 valence electrons. The van der Waals surface area contributed by atoms with Crippen LogP contribution in [0.2, 0.25) is 0 Å². The van der Waals surface area contributed by atoms with Crippen LogP contribution in [0.4, 0.5) is 0 Å². The summed E-state index contributed by atoms with van der Waals surface area (Å²) in [5, 5.41) is 0. The molecule has 0 aliphatic carbocycles. The molecule has 1 atom stereocenters. The Morgan fingerprint density at radius 1 is 1.25 bits per heavy atom. The van der Waals surface area contributed by atoms with Gasteiger partial charge in [-0.15, -0.1) is 11.8 Å². The molecule has 2 nitrogen and oxygen atoms in total. The van der Waals surface area contributed by atoms with E-state index in [1.165, 1.54) is 30.6 Å². The van der Waals surface area contributed by atoms with Crippen LogP contribution in [0.3, 0.4) is 0 Å². The van der Waals surface area contributed by atoms with Gasteiger partial charge < -0.3 is 0 Å². The van der Waals surface area contributed by atoms with Gasteiger partial charge in [-0.1, -0.05) is 31.0 Å². The maximum Gasteiger partial charge on any atom is 0.131 e. The quantitative estimate of drug-likeness (QED) is 0.739. The van der Waals surface area contributed by atoms with Crippen molar-refractivity contribution in [1.29, 1.82) is 0 Å². The third-order valence-electron chi connectivity index (χ3n) is 3.91. The molecule has 3 heteroatoms. The van der Waals surface area contributed by atoms with Gasteiger partial charge in [-0.25, -0.2) is 0 Å². The molecule has 1 unspecified atom stereocenters. The normalized spacial score (nSPS) is 20.6. The minimum atomic E-state index is 0.331. The summed E-state index contributed by atoms with van der Waals surface area (Å²) < 4.78 is 0. The van der Waals surface area contributed by atoms with Crippen LogP contribution in [0.15, 0.2) is 35.2 Å². The van der Waals surface area contributed by atoms with Gasteiger partial charge >= 0.3 is 0 Å². The second-order valence-electron chi connectivity index (χ2n) is 5.61. The first kappa shape index (κ1) is 15.6. The Hall–Kier alpha value is -0.800. The van der Waals surface area contributed by atoms with Crippen molar-refractivity contribution >= 4 is 17.5 Å². The van der Waals surface area contributed by atoms with Crippen molar-refractivity contribution in [2.24, 2.45) is 0 Å². The van der Waals surface area contributed by atoms with E-state index in [2.05, 4.69) is 35.2 Å². The molecule has 0 N–H and O–H groups in total. The first-order valence-corrected chi connectivity index (χ1v) is 8.65. The van der Waals surface area contributed by atoms with Gasteiger partial charge in [0, 0.05) is 29.7 Å². The largest absolute Gasteiger partial charge is 0.300 e. The molecule has 0 radical (unpaired) electrons. The monoisotopic (exact) mass is 291 g/mol. The molecular formula is C17H25NOS. The number of nitrogens with zero attached hydrogens (tertiary/aromatic N) is 1. The van der Waals surface area contributed by atoms with Gasteiger partial charge in [0.15, 0.2) is 0 Å². The van der Waals surface area contributed by atoms with E-state index in [0.29, 0.717) is 11.8 Å². The zero-order valence-electron chi connectivity index (χ0n) is 12.4. The molecule has 1 aliphatic heterocycles. The van der Waals surface area contributed by atoms with Gasteiger partial charge in [-0.3, -0.25) is 9.69 Å². The summed E-state index contributed by atoms with van der Waals surface area (Å²) in [6.07, 6.45) is 5.80. The Morgan fingerprint density at radius 3 is 2.80 bits per heavy atom. The highest BCUT2D eigenvalue weighted by Gasteiger charge is 2.21. The van der Waals surface area contributed by atoms with Crippen LogP contribution in [0.25, 0.3) is 0 Å². The van der Waals surface area contributed by atoms with Gasteiger partial charge in [0.1, 0.15) is 5.78 Å². The van der Waals surface area contributed by atoms with E-state index < -0.39 is 0 Å². The second-order valence-corrected chi connectivity index (χ2v) is 6.78. The molecule has 0 spiro atoms. The summed E-state index contributed by atoms with van der Waals surface area (Å²) in [4.78, 5) is 15.3. The number of likely N-dealkylation sites (tertiary alicyclic amines) is 1. The van der Waals surface area contributed by atoms with Crippen molar-refractivity contribution in [2.45, 2.75) is 50.0 Å². The van der Waals surface area contributed by atoms with E-state index in [9.17, 15) is 4.79 Å². The van der Waals surface area contributed by atoms with E-state index in [4.69, 9.17) is 0 Å². The summed E-state index contributed by atoms with van der Waals surface area (Å²) in [6, 6.07) is 11.0. The minimum Gasteiger partial charge on any atom is -0.300 e. The molecule has 0 amide bonds. The molecular weight excluding hydrogens is 266 g/mol. The second kappa shape index (κ2) is 8.48. The summed E-state index contributed by atoms with van der Waals surface area (Å²) in [5.74, 6) is 1.44. The summed E-state index contributed by atoms with van der Waals surface area (Å²) in [5.41, 5.74) is 0. The lowest BCUT2D eigenvalue weighted by Gasteiger charge is -2.29. The number of hydrogen-bond donors (Lipinski definition) is 0. The molecule has 1 aromatic rings. The number of benzene rings is 1. The Labute approximate surface area is 126 Å². The van der Waals surface area contributed by atoms with E-state index >= 15 is 0 Å². The van der Waals surface area contributed by atoms with Crippen molar-refractivity contribution in [3.05, 3.63) is 30.3 Å². The van der Waals surface area contributed by atoms with Crippen molar-refractivity contribution in [2.75, 3.05) is 18.8 Å². The molecule has 2 rings (SSSR count). The maximum absolute atomic E-state index is 11.4. The maximum atomic E-state index is 11.4. The predicted molar refractivity (Wildman–Crippen MR) is 86.3 cm³/mol. The first-order chi connectivity index (χ1) is 9.75. The highest BCUT2D eigenvalue weighted by molar-refractivity contribution is 7.99. The third kappa shape index (κ3) is 5.29. The fraction of sp³-hybridized carbons (Fsp3) is 0.588. The zero-order valence-corrected chi connectivity index (χ0v) is 13.2. The number of carbonyl (C=O) groups excluding carboxylic acids is 1. The van der Waals surface area contributed by atoms with Gasteiger partial charge in [-0.05, 0) is 38.4 Å². The van der Waals surface area contributed by atoms with Gasteiger partial charge in [0.05, 0.1) is 0 Å². The van der Waals surface area contributed by atoms with E-state index in [1.807, 2.05) is 11.8 Å². The molecule has 0 aromatic heterocycles. The molecule has 20 heavy (non-hydrogen) atoms. The fourth-order valence-electron chi connectivity index (χ4n) is 2.89. The van der Waals surface area contributed by atoms with Crippen LogP contribution in [0.5, 0.6) is 0 Å². The molecule has 1 fully saturated rings. The fourth-order valence-corrected chi connectivity index (χ4v) is 3.80. The van der Waals surface area contributed by atoms with Gasteiger partial charge in [-0.2, -0.15) is 0 Å². The lowest BCUT2D eigenvalue weighted by molar-refractivity contribution is -0.118. The Bertz CT molecular complexity index is 407. The lowest BCUT2D eigenvalue weighted by atomic mass is 10.0. The van der Waals surface area contributed by atoms with Crippen LogP contribution in [-0.2, 0) is 4.79 Å². The average Bonchev–Trinajstić information content (AvgIpc) is 2.65. The summed E-state index contributed by atoms with van der Waals surface area (Å²) in [7, 11) is 0. The van der Waals surface area contributed by atoms with E-state index in [-0.39, 0.29) is 0 Å². The number of rotatable bonds is 6. The van der Waals surface area contributed by atoms with Crippen LogP contribution in [-0.4, -0.2) is 35.6 Å². The van der Waals surface area contributed by atoms with Crippen molar-refractivity contribution in [1.82, 2.24) is 4.90 Å². The standard InChI is InChI=1S/C17H25NOS/c1-15(19)14-16-8-4-3-7-11-18(16)12-13-20-17-9-5-2-6-10-17/h2,5-6,9-10,16H,3-4,7-8,11-14H2,1H3. The van der Waals surface area contributed by atoms with Crippen LogP contribution in [0, 0.1) is 0 Å². The van der Waals surface area contributed by atoms with E-state index in [0.717, 1.165) is 25.3 Å². The van der Waals surface area contributed by atoms with Crippen LogP contribution in [0.1, 0.15) is 39.0 Å². The SMILES string of the molecule is CC(=O)CC1CCCCCN1CCSc1ccccc1. The minimum absolute atomic E-state index is 0.331. The zero-order chi connectivity index (χ0) is 14.2. The average molecular weight is 291 g/mol. The third-order valence-corrected chi connectivity index (χ3v) is 4.90. The topological polar surface area (TPSA) is 20.3 Å². The highest BCUT2D eigenvalue weighted by atomic mass is 32.2. The number of Topliss-reactive ketones (excluding diaryl/α,β-unsaturated/α-hetero) is 1. The van der Waals surface area contributed by atoms with Gasteiger partial charge in [0.25, 0.3) is 0 Å². The Morgan fingerprint density at radius 2 is 2.05 bits per heavy atom. The van der Waals surface area contributed by atoms with Crippen molar-refractivity contribution in [3.63, 3.8) is 0 Å². The first-order valence-electron chi connectivity index (χ1n) is 7.67. The molecule has 1 aromatic carbocycles. The smallest absolute Gasteiger partial charge is 0.131 e. The lowest BCUT2D eigenvalue weighted by Crippen LogP contribution is -2.37. The molecule has 1 heterocycles. The number of ketones is 1. The number of thioether (sulfide) groups is 1. The van der Waals surface area contributed by atoms with Crippen molar-refractivity contribution in [3.8, 4) is 0 Å². The molecule has 0 bridgehead atoms. The van der Waals surface area contributed by atoms with Gasteiger partial charge in [0.2, 0.25) is 0 Å². The van der Waals surface area contributed by atoms with Crippen LogP contribution >= 0.6 is 11.8 Å². The highest BCUT2D eigenvalue weighted by Crippen LogP contribution is 2.22. The van der Waals surface area contributed by atoms with Crippen molar-refractivity contribution < 1.29 is 4.79 Å². The molecule has 1 aliphatic rings. The Kier molecular flexibility index (Phi) is 6.61. The summed E-state index contributed by atoms with van der Waals surface area (Å²) >= 11 is 1.92. The predicted octanol–water partition coefficient (Wildman–Crippen LogP) is 4.00. The summed E-state index contributed by atoms with van der Waals surface area (Å²) in [6.45, 7) is 3.98. The number of carbonyl (C=O) groups is 1. The Balaban J connectivity index is 1.82. The van der Waals surface area contributed by atoms with Crippen LogP contribution < -0.4 is 0 Å². The molecule has 1 saturated heterocycles.